The molecule has 0 radical (unpaired) electrons. The summed E-state index contributed by atoms with van der Waals surface area (Å²) in [6.45, 7) is -0.184. The second kappa shape index (κ2) is 10.4. The predicted octanol–water partition coefficient (Wildman–Crippen LogP) is 3.89. The average Bonchev–Trinajstić information content (AvgIpc) is 3.20. The van der Waals surface area contributed by atoms with E-state index in [2.05, 4.69) is 10.4 Å². The number of halogens is 4. The maximum Gasteiger partial charge on any atom is 0.435 e. The number of carbonyl (C=O) groups excluding carboxylic acids is 1. The van der Waals surface area contributed by atoms with Gasteiger partial charge in [-0.25, -0.2) is 4.68 Å². The van der Waals surface area contributed by atoms with Crippen LogP contribution in [-0.2, 0) is 11.0 Å². The molecule has 0 fully saturated rings. The van der Waals surface area contributed by atoms with Crippen LogP contribution < -0.4 is 19.5 Å². The number of rotatable bonds is 9. The third kappa shape index (κ3) is 5.97. The summed E-state index contributed by atoms with van der Waals surface area (Å²) < 4.78 is 56.4. The fourth-order valence-corrected chi connectivity index (χ4v) is 3.13. The third-order valence-electron chi connectivity index (χ3n) is 4.38. The van der Waals surface area contributed by atoms with Gasteiger partial charge >= 0.3 is 6.18 Å². The quantitative estimate of drug-likeness (QED) is 0.443. The zero-order valence-corrected chi connectivity index (χ0v) is 17.8. The van der Waals surface area contributed by atoms with Crippen molar-refractivity contribution in [1.82, 2.24) is 15.1 Å². The van der Waals surface area contributed by atoms with Crippen LogP contribution in [0.3, 0.4) is 0 Å². The van der Waals surface area contributed by atoms with Crippen molar-refractivity contribution < 1.29 is 32.2 Å². The number of benzene rings is 1. The Hall–Kier alpha value is -3.14. The van der Waals surface area contributed by atoms with Crippen molar-refractivity contribution >= 4 is 23.2 Å². The largest absolute Gasteiger partial charge is 0.493 e. The monoisotopic (exact) mass is 471 g/mol. The summed E-state index contributed by atoms with van der Waals surface area (Å²) in [6, 6.07) is 7.78. The Morgan fingerprint density at radius 1 is 1.28 bits per heavy atom. The number of nitrogens with one attached hydrogen (secondary N) is 1. The molecule has 172 valence electrons. The molecule has 7 nitrogen and oxygen atoms in total. The lowest BCUT2D eigenvalue weighted by atomic mass is 10.1. The van der Waals surface area contributed by atoms with Crippen LogP contribution in [0.25, 0.3) is 5.70 Å². The molecular weight excluding hydrogens is 451 g/mol. The highest BCUT2D eigenvalue weighted by Gasteiger charge is 2.36. The van der Waals surface area contributed by atoms with Gasteiger partial charge in [0.05, 0.1) is 24.7 Å². The molecule has 3 rings (SSSR count). The van der Waals surface area contributed by atoms with E-state index in [-0.39, 0.29) is 19.0 Å². The lowest BCUT2D eigenvalue weighted by Gasteiger charge is -2.17. The second-order valence-electron chi connectivity index (χ2n) is 6.64. The summed E-state index contributed by atoms with van der Waals surface area (Å²) >= 11 is 6.21. The number of alkyl halides is 4. The Morgan fingerprint density at radius 2 is 2.03 bits per heavy atom. The van der Waals surface area contributed by atoms with Gasteiger partial charge in [-0.2, -0.15) is 18.3 Å². The number of para-hydroxylation sites is 2. The Labute approximate surface area is 187 Å². The van der Waals surface area contributed by atoms with E-state index in [0.717, 1.165) is 10.7 Å². The molecule has 1 N–H and O–H groups in total. The van der Waals surface area contributed by atoms with Crippen LogP contribution in [0.4, 0.5) is 13.2 Å². The molecule has 0 aliphatic heterocycles. The highest BCUT2D eigenvalue weighted by molar-refractivity contribution is 6.25. The van der Waals surface area contributed by atoms with Crippen molar-refractivity contribution in [2.45, 2.75) is 18.0 Å². The van der Waals surface area contributed by atoms with Crippen molar-refractivity contribution in [3.8, 4) is 17.4 Å². The molecule has 11 heteroatoms. The molecule has 32 heavy (non-hydrogen) atoms. The van der Waals surface area contributed by atoms with E-state index < -0.39 is 29.8 Å². The third-order valence-corrected chi connectivity index (χ3v) is 4.78. The molecule has 1 aliphatic rings. The van der Waals surface area contributed by atoms with Gasteiger partial charge in [-0.05, 0) is 24.6 Å². The SMILES string of the molecule is COc1ccccc1OCCNC(=O)COc1cc(C(F)(F)F)nn1C1=CC=CCC1Cl. The molecule has 2 aromatic rings. The molecule has 1 amide bonds. The number of allylic oxidation sites excluding steroid dienone is 4. The number of hydrogen-bond acceptors (Lipinski definition) is 5. The molecule has 0 bridgehead atoms. The van der Waals surface area contributed by atoms with Crippen molar-refractivity contribution in [2.24, 2.45) is 0 Å². The van der Waals surface area contributed by atoms with Crippen molar-refractivity contribution in [1.29, 1.82) is 0 Å². The first-order valence-corrected chi connectivity index (χ1v) is 10.1. The van der Waals surface area contributed by atoms with Crippen LogP contribution in [0, 0.1) is 0 Å². The minimum atomic E-state index is -4.67. The Balaban J connectivity index is 1.57. The molecular formula is C21H21ClF3N3O4. The topological polar surface area (TPSA) is 74.6 Å². The molecule has 0 saturated heterocycles. The smallest absolute Gasteiger partial charge is 0.435 e. The molecule has 1 aromatic heterocycles. The van der Waals surface area contributed by atoms with Gasteiger partial charge in [-0.1, -0.05) is 24.3 Å². The maximum atomic E-state index is 13.1. The lowest BCUT2D eigenvalue weighted by Crippen LogP contribution is -2.32. The summed E-state index contributed by atoms with van der Waals surface area (Å²) in [5.74, 6) is 0.315. The van der Waals surface area contributed by atoms with Crippen LogP contribution in [0.5, 0.6) is 17.4 Å². The summed E-state index contributed by atoms with van der Waals surface area (Å²) in [6.07, 6.45) is 0.767. The number of aromatic nitrogens is 2. The standard InChI is InChI=1S/C21H21ClF3N3O4/c1-30-16-8-4-5-9-17(16)31-11-10-26-19(29)13-32-20-12-18(21(23,24)25)27-28(20)15-7-3-2-6-14(15)22/h2-5,7-9,12,14H,6,10-11,13H2,1H3,(H,26,29). The van der Waals surface area contributed by atoms with Crippen LogP contribution >= 0.6 is 11.6 Å². The van der Waals surface area contributed by atoms with Crippen LogP contribution in [0.2, 0.25) is 0 Å². The van der Waals surface area contributed by atoms with Gasteiger partial charge in [0.15, 0.2) is 23.8 Å². The number of amides is 1. The minimum absolute atomic E-state index is 0.160. The Kier molecular flexibility index (Phi) is 7.68. The van der Waals surface area contributed by atoms with E-state index in [1.807, 2.05) is 0 Å². The van der Waals surface area contributed by atoms with Crippen LogP contribution in [0.1, 0.15) is 12.1 Å². The highest BCUT2D eigenvalue weighted by Crippen LogP contribution is 2.34. The van der Waals surface area contributed by atoms with E-state index in [9.17, 15) is 18.0 Å². The van der Waals surface area contributed by atoms with Gasteiger partial charge in [-0.15, -0.1) is 11.6 Å². The first kappa shape index (κ1) is 23.5. The van der Waals surface area contributed by atoms with Crippen molar-refractivity contribution in [3.05, 3.63) is 54.3 Å². The number of nitrogens with zero attached hydrogens (tertiary/aromatic N) is 2. The zero-order chi connectivity index (χ0) is 23.1. The van der Waals surface area contributed by atoms with Gasteiger partial charge in [-0.3, -0.25) is 4.79 Å². The molecule has 1 aliphatic carbocycles. The normalized spacial score (nSPS) is 15.8. The Morgan fingerprint density at radius 3 is 2.72 bits per heavy atom. The summed E-state index contributed by atoms with van der Waals surface area (Å²) in [4.78, 5) is 12.1. The number of methoxy groups -OCH3 is 1. The molecule has 0 spiro atoms. The van der Waals surface area contributed by atoms with E-state index in [1.54, 1.807) is 42.5 Å². The van der Waals surface area contributed by atoms with Crippen LogP contribution in [0.15, 0.2) is 48.6 Å². The molecule has 1 atom stereocenters. The lowest BCUT2D eigenvalue weighted by molar-refractivity contribution is -0.141. The van der Waals surface area contributed by atoms with Crippen molar-refractivity contribution in [2.75, 3.05) is 26.9 Å². The van der Waals surface area contributed by atoms with Gasteiger partial charge in [0.2, 0.25) is 5.88 Å². The number of carbonyl (C=O) groups is 1. The first-order chi connectivity index (χ1) is 15.3. The Bertz CT molecular complexity index is 1000. The zero-order valence-electron chi connectivity index (χ0n) is 17.1. The number of hydrogen-bond donors (Lipinski definition) is 1. The molecule has 0 saturated carbocycles. The predicted molar refractivity (Wildman–Crippen MR) is 112 cm³/mol. The summed E-state index contributed by atoms with van der Waals surface area (Å²) in [5.41, 5.74) is -0.817. The van der Waals surface area contributed by atoms with Gasteiger partial charge in [0, 0.05) is 6.07 Å². The fourth-order valence-electron chi connectivity index (χ4n) is 2.86. The van der Waals surface area contributed by atoms with Crippen LogP contribution in [-0.4, -0.2) is 47.9 Å². The molecule has 1 aromatic carbocycles. The van der Waals surface area contributed by atoms with Crippen molar-refractivity contribution in [3.63, 3.8) is 0 Å². The van der Waals surface area contributed by atoms with Gasteiger partial charge < -0.3 is 19.5 Å². The average molecular weight is 472 g/mol. The maximum absolute atomic E-state index is 13.1. The van der Waals surface area contributed by atoms with E-state index in [4.69, 9.17) is 25.8 Å². The first-order valence-electron chi connectivity index (χ1n) is 9.63. The van der Waals surface area contributed by atoms with E-state index in [1.165, 1.54) is 7.11 Å². The van der Waals surface area contributed by atoms with Gasteiger partial charge in [0.1, 0.15) is 6.61 Å². The second-order valence-corrected chi connectivity index (χ2v) is 7.17. The van der Waals surface area contributed by atoms with Gasteiger partial charge in [0.25, 0.3) is 5.91 Å². The molecule has 1 unspecified atom stereocenters. The minimum Gasteiger partial charge on any atom is -0.493 e. The summed E-state index contributed by atoms with van der Waals surface area (Å²) in [7, 11) is 1.52. The van der Waals surface area contributed by atoms with E-state index in [0.29, 0.717) is 23.6 Å². The van der Waals surface area contributed by atoms with E-state index >= 15 is 0 Å². The number of ether oxygens (including phenoxy) is 3. The molecule has 1 heterocycles. The summed E-state index contributed by atoms with van der Waals surface area (Å²) in [5, 5.41) is 5.57. The highest BCUT2D eigenvalue weighted by atomic mass is 35.5. The fraction of sp³-hybridized carbons (Fsp3) is 0.333.